The van der Waals surface area contributed by atoms with Gasteiger partial charge in [-0.2, -0.15) is 0 Å². The molecule has 100 valence electrons. The highest BCUT2D eigenvalue weighted by atomic mass is 32.2. The SMILES string of the molecule is CC1(NS(=O)(=O)c2cccc(N)c2)CCCCC1. The van der Waals surface area contributed by atoms with Crippen LogP contribution >= 0.6 is 0 Å². The summed E-state index contributed by atoms with van der Waals surface area (Å²) < 4.78 is 27.4. The van der Waals surface area contributed by atoms with Crippen molar-refractivity contribution in [2.75, 3.05) is 5.73 Å². The first-order chi connectivity index (χ1) is 8.41. The standard InChI is InChI=1S/C13H20N2O2S/c1-13(8-3-2-4-9-13)15-18(16,17)12-7-5-6-11(14)10-12/h5-7,10,15H,2-4,8-9,14H2,1H3. The Balaban J connectivity index is 2.21. The quantitative estimate of drug-likeness (QED) is 0.826. The fraction of sp³-hybridized carbons (Fsp3) is 0.538. The molecule has 1 fully saturated rings. The smallest absolute Gasteiger partial charge is 0.241 e. The van der Waals surface area contributed by atoms with Crippen molar-refractivity contribution < 1.29 is 8.42 Å². The van der Waals surface area contributed by atoms with E-state index >= 15 is 0 Å². The first-order valence-electron chi connectivity index (χ1n) is 6.31. The number of hydrogen-bond donors (Lipinski definition) is 2. The van der Waals surface area contributed by atoms with Gasteiger partial charge in [0.15, 0.2) is 0 Å². The largest absolute Gasteiger partial charge is 0.399 e. The Labute approximate surface area is 109 Å². The van der Waals surface area contributed by atoms with Gasteiger partial charge in [0, 0.05) is 11.2 Å². The molecule has 3 N–H and O–H groups in total. The summed E-state index contributed by atoms with van der Waals surface area (Å²) in [6.45, 7) is 1.98. The summed E-state index contributed by atoms with van der Waals surface area (Å²) in [5.41, 5.74) is 5.78. The molecule has 0 aliphatic heterocycles. The van der Waals surface area contributed by atoms with E-state index in [0.29, 0.717) is 5.69 Å². The molecule has 0 heterocycles. The summed E-state index contributed by atoms with van der Waals surface area (Å²) in [7, 11) is -3.47. The average molecular weight is 268 g/mol. The van der Waals surface area contributed by atoms with E-state index in [1.165, 1.54) is 12.5 Å². The van der Waals surface area contributed by atoms with E-state index in [9.17, 15) is 8.42 Å². The molecule has 1 saturated carbocycles. The maximum absolute atomic E-state index is 12.3. The third-order valence-corrected chi connectivity index (χ3v) is 5.14. The highest BCUT2D eigenvalue weighted by molar-refractivity contribution is 7.89. The Bertz CT molecular complexity index is 520. The first-order valence-corrected chi connectivity index (χ1v) is 7.79. The Morgan fingerprint density at radius 3 is 2.50 bits per heavy atom. The van der Waals surface area contributed by atoms with Crippen molar-refractivity contribution in [2.24, 2.45) is 0 Å². The second-order valence-electron chi connectivity index (χ2n) is 5.30. The number of sulfonamides is 1. The molecule has 5 heteroatoms. The number of hydrogen-bond acceptors (Lipinski definition) is 3. The lowest BCUT2D eigenvalue weighted by Gasteiger charge is -2.34. The van der Waals surface area contributed by atoms with E-state index in [-0.39, 0.29) is 10.4 Å². The van der Waals surface area contributed by atoms with Crippen molar-refractivity contribution in [2.45, 2.75) is 49.5 Å². The highest BCUT2D eigenvalue weighted by Gasteiger charge is 2.31. The lowest BCUT2D eigenvalue weighted by atomic mass is 9.84. The van der Waals surface area contributed by atoms with Crippen LogP contribution in [0, 0.1) is 0 Å². The van der Waals surface area contributed by atoms with Crippen molar-refractivity contribution in [1.29, 1.82) is 0 Å². The van der Waals surface area contributed by atoms with E-state index < -0.39 is 10.0 Å². The summed E-state index contributed by atoms with van der Waals surface area (Å²) in [6, 6.07) is 6.41. The van der Waals surface area contributed by atoms with E-state index in [1.807, 2.05) is 6.92 Å². The third kappa shape index (κ3) is 3.03. The van der Waals surface area contributed by atoms with Gasteiger partial charge in [0.1, 0.15) is 0 Å². The number of nitrogen functional groups attached to an aromatic ring is 1. The predicted octanol–water partition coefficient (Wildman–Crippen LogP) is 2.27. The molecule has 18 heavy (non-hydrogen) atoms. The summed E-state index contributed by atoms with van der Waals surface area (Å²) in [4.78, 5) is 0.245. The molecule has 0 aromatic heterocycles. The van der Waals surface area contributed by atoms with Crippen molar-refractivity contribution in [1.82, 2.24) is 4.72 Å². The maximum atomic E-state index is 12.3. The normalized spacial score (nSPS) is 19.6. The summed E-state index contributed by atoms with van der Waals surface area (Å²) in [6.07, 6.45) is 5.14. The van der Waals surface area contributed by atoms with Gasteiger partial charge in [0.2, 0.25) is 10.0 Å². The topological polar surface area (TPSA) is 72.2 Å². The Morgan fingerprint density at radius 1 is 1.22 bits per heavy atom. The van der Waals surface area contributed by atoms with E-state index in [1.54, 1.807) is 18.2 Å². The van der Waals surface area contributed by atoms with Crippen molar-refractivity contribution >= 4 is 15.7 Å². The third-order valence-electron chi connectivity index (χ3n) is 3.51. The molecule has 0 bridgehead atoms. The fourth-order valence-corrected chi connectivity index (χ4v) is 4.02. The van der Waals surface area contributed by atoms with Gasteiger partial charge in [-0.05, 0) is 38.0 Å². The van der Waals surface area contributed by atoms with Crippen LogP contribution in [0.1, 0.15) is 39.0 Å². The number of nitrogens with two attached hydrogens (primary N) is 1. The highest BCUT2D eigenvalue weighted by Crippen LogP contribution is 2.29. The molecule has 1 aromatic carbocycles. The van der Waals surface area contributed by atoms with Crippen molar-refractivity contribution in [3.05, 3.63) is 24.3 Å². The van der Waals surface area contributed by atoms with Crippen LogP contribution in [0.15, 0.2) is 29.2 Å². The number of benzene rings is 1. The molecule has 1 aliphatic rings. The van der Waals surface area contributed by atoms with E-state index in [2.05, 4.69) is 4.72 Å². The Hall–Kier alpha value is -1.07. The zero-order valence-electron chi connectivity index (χ0n) is 10.6. The minimum Gasteiger partial charge on any atom is -0.399 e. The van der Waals surface area contributed by atoms with Gasteiger partial charge in [-0.3, -0.25) is 0 Å². The molecule has 0 unspecified atom stereocenters. The van der Waals surface area contributed by atoms with Crippen LogP contribution in [-0.2, 0) is 10.0 Å². The molecule has 1 aromatic rings. The maximum Gasteiger partial charge on any atom is 0.241 e. The molecule has 0 atom stereocenters. The number of nitrogens with one attached hydrogen (secondary N) is 1. The molecule has 2 rings (SSSR count). The number of anilines is 1. The second kappa shape index (κ2) is 4.90. The molecule has 1 aliphatic carbocycles. The van der Waals surface area contributed by atoms with Gasteiger partial charge in [0.05, 0.1) is 4.90 Å². The van der Waals surface area contributed by atoms with Crippen LogP contribution in [0.5, 0.6) is 0 Å². The van der Waals surface area contributed by atoms with Gasteiger partial charge in [-0.25, -0.2) is 13.1 Å². The summed E-state index contributed by atoms with van der Waals surface area (Å²) in [5.74, 6) is 0. The van der Waals surface area contributed by atoms with Crippen LogP contribution in [0.3, 0.4) is 0 Å². The molecule has 0 radical (unpaired) electrons. The fourth-order valence-electron chi connectivity index (χ4n) is 2.50. The van der Waals surface area contributed by atoms with Crippen LogP contribution in [0.4, 0.5) is 5.69 Å². The lowest BCUT2D eigenvalue weighted by Crippen LogP contribution is -2.47. The van der Waals surface area contributed by atoms with Gasteiger partial charge < -0.3 is 5.73 Å². The zero-order valence-corrected chi connectivity index (χ0v) is 11.5. The predicted molar refractivity (Wildman–Crippen MR) is 72.7 cm³/mol. The Kier molecular flexibility index (Phi) is 3.64. The molecule has 0 spiro atoms. The van der Waals surface area contributed by atoms with Gasteiger partial charge in [0.25, 0.3) is 0 Å². The first kappa shape index (κ1) is 13.4. The molecular formula is C13H20N2O2S. The lowest BCUT2D eigenvalue weighted by molar-refractivity contribution is 0.294. The minimum atomic E-state index is -3.47. The molecule has 0 saturated heterocycles. The monoisotopic (exact) mass is 268 g/mol. The molecule has 4 nitrogen and oxygen atoms in total. The molecule has 0 amide bonds. The van der Waals surface area contributed by atoms with E-state index in [4.69, 9.17) is 5.73 Å². The average Bonchev–Trinajstić information content (AvgIpc) is 2.28. The minimum absolute atomic E-state index is 0.245. The van der Waals surface area contributed by atoms with Gasteiger partial charge in [-0.1, -0.05) is 25.3 Å². The van der Waals surface area contributed by atoms with Crippen LogP contribution in [0.2, 0.25) is 0 Å². The summed E-state index contributed by atoms with van der Waals surface area (Å²) >= 11 is 0. The second-order valence-corrected chi connectivity index (χ2v) is 6.98. The Morgan fingerprint density at radius 2 is 1.89 bits per heavy atom. The van der Waals surface area contributed by atoms with Crippen LogP contribution in [-0.4, -0.2) is 14.0 Å². The van der Waals surface area contributed by atoms with Crippen LogP contribution < -0.4 is 10.5 Å². The molecular weight excluding hydrogens is 248 g/mol. The van der Waals surface area contributed by atoms with Crippen molar-refractivity contribution in [3.8, 4) is 0 Å². The van der Waals surface area contributed by atoms with Gasteiger partial charge >= 0.3 is 0 Å². The van der Waals surface area contributed by atoms with Crippen LogP contribution in [0.25, 0.3) is 0 Å². The zero-order chi connectivity index (χ0) is 13.2. The van der Waals surface area contributed by atoms with E-state index in [0.717, 1.165) is 25.7 Å². The van der Waals surface area contributed by atoms with Crippen molar-refractivity contribution in [3.63, 3.8) is 0 Å². The van der Waals surface area contributed by atoms with Gasteiger partial charge in [-0.15, -0.1) is 0 Å². The number of rotatable bonds is 3. The summed E-state index contributed by atoms with van der Waals surface area (Å²) in [5, 5.41) is 0.